The molecule has 6 heterocycles. The van der Waals surface area contributed by atoms with Gasteiger partial charge in [0.1, 0.15) is 23.7 Å². The largest absolute Gasteiger partial charge is 0.465 e. The van der Waals surface area contributed by atoms with E-state index in [1.54, 1.807) is 34.6 Å². The highest BCUT2D eigenvalue weighted by Gasteiger charge is 2.38. The second-order valence-electron chi connectivity index (χ2n) is 14.7. The number of carbonyl (C=O) groups is 4. The number of amides is 4. The van der Waals surface area contributed by atoms with Crippen LogP contribution in [0.4, 0.5) is 9.59 Å². The zero-order chi connectivity index (χ0) is 40.9. The van der Waals surface area contributed by atoms with Crippen molar-refractivity contribution < 1.29 is 29.0 Å². The van der Waals surface area contributed by atoms with Gasteiger partial charge in [-0.2, -0.15) is 0 Å². The third-order valence-electron chi connectivity index (χ3n) is 10.9. The number of hydrogen-bond acceptors (Lipinski definition) is 9. The Kier molecular flexibility index (Phi) is 11.2. The lowest BCUT2D eigenvalue weighted by atomic mass is 10.0. The van der Waals surface area contributed by atoms with E-state index in [-0.39, 0.29) is 36.7 Å². The maximum Gasteiger partial charge on any atom is 0.407 e. The molecule has 8 rings (SSSR count). The van der Waals surface area contributed by atoms with Crippen LogP contribution in [0.15, 0.2) is 86.0 Å². The van der Waals surface area contributed by atoms with Crippen LogP contribution in [0.2, 0.25) is 0 Å². The van der Waals surface area contributed by atoms with E-state index in [9.17, 15) is 24.3 Å². The van der Waals surface area contributed by atoms with Crippen molar-refractivity contribution in [3.63, 3.8) is 0 Å². The molecule has 304 valence electrons. The fraction of sp³-hybridized carbons (Fsp3) is 0.317. The van der Waals surface area contributed by atoms with Crippen LogP contribution in [0.1, 0.15) is 60.8 Å². The van der Waals surface area contributed by atoms with Crippen LogP contribution in [-0.4, -0.2) is 111 Å². The second-order valence-corrected chi connectivity index (χ2v) is 14.7. The molecule has 6 aromatic rings. The Morgan fingerprint density at radius 2 is 1.14 bits per heavy atom. The first-order valence-corrected chi connectivity index (χ1v) is 19.4. The molecule has 4 aromatic heterocycles. The molecular formula is C41H44N12O6. The first kappa shape index (κ1) is 38.6. The normalized spacial score (nSPS) is 17.4. The number of aromatic amines is 4. The number of carbonyl (C=O) groups excluding carboxylic acids is 3. The molecule has 7 N–H and O–H groups in total. The number of rotatable bonds is 13. The van der Waals surface area contributed by atoms with Crippen molar-refractivity contribution in [1.29, 1.82) is 0 Å². The summed E-state index contributed by atoms with van der Waals surface area (Å²) >= 11 is 0. The van der Waals surface area contributed by atoms with E-state index in [0.717, 1.165) is 58.6 Å². The number of imidazole rings is 4. The number of H-pyrrole nitrogens is 4. The zero-order valence-corrected chi connectivity index (χ0v) is 32.2. The SMILES string of the molecule is COC(=O)N[C@@H](Cc1cnc[nH]1)C(=O)N1CCCC1c1ncc(-c2ccc(-c3ccc(-c4cnc([C@@H]5CCCN5C(=O)[C@H](Cc5cnc[nH]5)NC(=O)O)[nH]4)cc3)cc2)[nH]1. The molecule has 2 aliphatic heterocycles. The van der Waals surface area contributed by atoms with Gasteiger partial charge in [-0.1, -0.05) is 48.5 Å². The van der Waals surface area contributed by atoms with Crippen molar-refractivity contribution >= 4 is 24.0 Å². The molecule has 2 aromatic carbocycles. The molecule has 2 aliphatic rings. The Morgan fingerprint density at radius 3 is 1.54 bits per heavy atom. The van der Waals surface area contributed by atoms with Gasteiger partial charge in [0.2, 0.25) is 11.8 Å². The monoisotopic (exact) mass is 800 g/mol. The summed E-state index contributed by atoms with van der Waals surface area (Å²) in [5.74, 6) is 0.813. The maximum atomic E-state index is 13.8. The number of carboxylic acid groups (broad SMARTS) is 1. The Morgan fingerprint density at radius 1 is 0.695 bits per heavy atom. The average molecular weight is 801 g/mol. The van der Waals surface area contributed by atoms with E-state index in [1.165, 1.54) is 19.8 Å². The third-order valence-corrected chi connectivity index (χ3v) is 10.9. The number of ether oxygens (including phenoxy) is 1. The number of hydrogen-bond donors (Lipinski definition) is 7. The second kappa shape index (κ2) is 17.1. The molecule has 18 heteroatoms. The lowest BCUT2D eigenvalue weighted by Crippen LogP contribution is -2.49. The van der Waals surface area contributed by atoms with Gasteiger partial charge < -0.3 is 50.2 Å². The molecular weight excluding hydrogens is 757 g/mol. The molecule has 59 heavy (non-hydrogen) atoms. The zero-order valence-electron chi connectivity index (χ0n) is 32.2. The Bertz CT molecular complexity index is 2370. The highest BCUT2D eigenvalue weighted by Crippen LogP contribution is 2.35. The van der Waals surface area contributed by atoms with Crippen LogP contribution in [-0.2, 0) is 27.2 Å². The molecule has 2 fully saturated rings. The number of likely N-dealkylation sites (tertiary alicyclic amines) is 2. The molecule has 1 unspecified atom stereocenters. The summed E-state index contributed by atoms with van der Waals surface area (Å²) < 4.78 is 4.79. The molecule has 0 bridgehead atoms. The highest BCUT2D eigenvalue weighted by molar-refractivity contribution is 5.87. The Labute approximate surface area is 338 Å². The van der Waals surface area contributed by atoms with Gasteiger partial charge in [0, 0.05) is 49.7 Å². The summed E-state index contributed by atoms with van der Waals surface area (Å²) in [6.45, 7) is 1.04. The number of alkyl carbamates (subject to hydrolysis) is 1. The number of nitrogens with one attached hydrogen (secondary N) is 6. The summed E-state index contributed by atoms with van der Waals surface area (Å²) in [7, 11) is 1.27. The topological polar surface area (TPSA) is 243 Å². The fourth-order valence-corrected chi connectivity index (χ4v) is 8.00. The minimum absolute atomic E-state index is 0.161. The minimum Gasteiger partial charge on any atom is -0.465 e. The molecule has 2 saturated heterocycles. The highest BCUT2D eigenvalue weighted by atomic mass is 16.5. The molecule has 4 atom stereocenters. The van der Waals surface area contributed by atoms with E-state index in [1.807, 2.05) is 48.5 Å². The van der Waals surface area contributed by atoms with E-state index in [0.29, 0.717) is 36.9 Å². The summed E-state index contributed by atoms with van der Waals surface area (Å²) in [6.07, 6.45) is 11.3. The summed E-state index contributed by atoms with van der Waals surface area (Å²) in [6, 6.07) is 13.9. The van der Waals surface area contributed by atoms with Crippen molar-refractivity contribution in [1.82, 2.24) is 60.3 Å². The van der Waals surface area contributed by atoms with Gasteiger partial charge in [-0.15, -0.1) is 0 Å². The molecule has 18 nitrogen and oxygen atoms in total. The van der Waals surface area contributed by atoms with Crippen LogP contribution < -0.4 is 10.6 Å². The van der Waals surface area contributed by atoms with Crippen molar-refractivity contribution in [2.24, 2.45) is 0 Å². The molecule has 0 saturated carbocycles. The van der Waals surface area contributed by atoms with Crippen LogP contribution >= 0.6 is 0 Å². The van der Waals surface area contributed by atoms with Crippen LogP contribution in [0, 0.1) is 0 Å². The quantitative estimate of drug-likeness (QED) is 0.0845. The average Bonchev–Trinajstić information content (AvgIpc) is 4.11. The van der Waals surface area contributed by atoms with E-state index >= 15 is 0 Å². The Balaban J connectivity index is 0.912. The lowest BCUT2D eigenvalue weighted by Gasteiger charge is -2.28. The van der Waals surface area contributed by atoms with Gasteiger partial charge in [0.15, 0.2) is 0 Å². The predicted octanol–water partition coefficient (Wildman–Crippen LogP) is 4.75. The van der Waals surface area contributed by atoms with Gasteiger partial charge in [-0.25, -0.2) is 29.5 Å². The smallest absolute Gasteiger partial charge is 0.407 e. The van der Waals surface area contributed by atoms with Gasteiger partial charge >= 0.3 is 12.2 Å². The van der Waals surface area contributed by atoms with Crippen LogP contribution in [0.3, 0.4) is 0 Å². The predicted molar refractivity (Wildman–Crippen MR) is 213 cm³/mol. The molecule has 0 aliphatic carbocycles. The first-order valence-electron chi connectivity index (χ1n) is 19.4. The van der Waals surface area contributed by atoms with Gasteiger partial charge in [-0.3, -0.25) is 9.59 Å². The molecule has 0 radical (unpaired) electrons. The summed E-state index contributed by atoms with van der Waals surface area (Å²) in [5, 5.41) is 14.5. The van der Waals surface area contributed by atoms with E-state index < -0.39 is 24.3 Å². The van der Waals surface area contributed by atoms with Crippen molar-refractivity contribution in [2.45, 2.75) is 62.7 Å². The lowest BCUT2D eigenvalue weighted by molar-refractivity contribution is -0.135. The summed E-state index contributed by atoms with van der Waals surface area (Å²) in [5.41, 5.74) is 6.94. The maximum absolute atomic E-state index is 13.8. The molecule has 0 spiro atoms. The minimum atomic E-state index is -1.27. The summed E-state index contributed by atoms with van der Waals surface area (Å²) in [4.78, 5) is 84.7. The number of benzene rings is 2. The third kappa shape index (κ3) is 8.56. The number of nitrogens with zero attached hydrogens (tertiary/aromatic N) is 6. The standard InChI is InChI=1S/C41H44N12O6/c1-59-41(58)51-31(17-29-19-43-23-47-29)39(55)53-15-3-5-35(53)37-45-21-33(49-37)27-12-8-25(9-13-27)24-6-10-26(11-7-24)32-20-44-36(48-32)34-4-2-14-52(34)38(54)30(50-40(56)57)16-28-18-42-22-46-28/h6-13,18-23,30-31,34-35,50H,2-5,14-17H2,1H3,(H,42,46)(H,43,47)(H,44,48)(H,45,49)(H,51,58)(H,56,57)/t30-,31-,34-,35?/m0/s1. The van der Waals surface area contributed by atoms with Crippen LogP contribution in [0.25, 0.3) is 33.6 Å². The fourth-order valence-electron chi connectivity index (χ4n) is 8.00. The number of aromatic nitrogens is 8. The van der Waals surface area contributed by atoms with E-state index in [2.05, 4.69) is 50.5 Å². The van der Waals surface area contributed by atoms with Crippen LogP contribution in [0.5, 0.6) is 0 Å². The first-order chi connectivity index (χ1) is 28.7. The van der Waals surface area contributed by atoms with Gasteiger partial charge in [-0.05, 0) is 47.9 Å². The molecule has 4 amide bonds. The van der Waals surface area contributed by atoms with Crippen molar-refractivity contribution in [2.75, 3.05) is 20.2 Å². The van der Waals surface area contributed by atoms with Gasteiger partial charge in [0.05, 0.1) is 55.6 Å². The van der Waals surface area contributed by atoms with E-state index in [4.69, 9.17) is 4.74 Å². The van der Waals surface area contributed by atoms with Crippen molar-refractivity contribution in [3.05, 3.63) is 109 Å². The van der Waals surface area contributed by atoms with Crippen molar-refractivity contribution in [3.8, 4) is 33.6 Å². The number of methoxy groups -OCH3 is 1. The Hall–Kier alpha value is -7.24. The van der Waals surface area contributed by atoms with Gasteiger partial charge in [0.25, 0.3) is 0 Å².